The molecule has 0 saturated heterocycles. The van der Waals surface area contributed by atoms with Crippen LogP contribution in [-0.2, 0) is 14.8 Å². The number of sulfonamides is 1. The number of nitrogens with one attached hydrogen (secondary N) is 1. The van der Waals surface area contributed by atoms with E-state index in [1.54, 1.807) is 60.9 Å². The van der Waals surface area contributed by atoms with E-state index < -0.39 is 22.5 Å². The van der Waals surface area contributed by atoms with Crippen molar-refractivity contribution >= 4 is 39.4 Å². The lowest BCUT2D eigenvalue weighted by molar-refractivity contribution is -0.119. The summed E-state index contributed by atoms with van der Waals surface area (Å²) in [6, 6.07) is 16.3. The Kier molecular flexibility index (Phi) is 6.81. The lowest BCUT2D eigenvalue weighted by Gasteiger charge is -2.24. The maximum Gasteiger partial charge on any atom is 0.264 e. The molecule has 1 N–H and O–H groups in total. The summed E-state index contributed by atoms with van der Waals surface area (Å²) in [4.78, 5) is 16.5. The molecule has 9 heteroatoms. The molecule has 154 valence electrons. The first-order valence-corrected chi connectivity index (χ1v) is 10.8. The van der Waals surface area contributed by atoms with Crippen molar-refractivity contribution in [2.75, 3.05) is 10.8 Å². The minimum absolute atomic E-state index is 0.0553. The third kappa shape index (κ3) is 5.22. The van der Waals surface area contributed by atoms with Crippen molar-refractivity contribution in [1.29, 1.82) is 0 Å². The molecule has 0 aliphatic heterocycles. The Morgan fingerprint density at radius 2 is 1.87 bits per heavy atom. The van der Waals surface area contributed by atoms with Crippen molar-refractivity contribution in [3.05, 3.63) is 89.2 Å². The van der Waals surface area contributed by atoms with Crippen LogP contribution in [0.1, 0.15) is 11.1 Å². The number of benzene rings is 2. The highest BCUT2D eigenvalue weighted by atomic mass is 35.5. The van der Waals surface area contributed by atoms with E-state index in [2.05, 4.69) is 15.5 Å². The first kappa shape index (κ1) is 21.5. The first-order valence-electron chi connectivity index (χ1n) is 8.94. The fourth-order valence-electron chi connectivity index (χ4n) is 2.59. The van der Waals surface area contributed by atoms with Crippen LogP contribution in [0.4, 0.5) is 5.69 Å². The van der Waals surface area contributed by atoms with Crippen molar-refractivity contribution in [2.24, 2.45) is 5.10 Å². The summed E-state index contributed by atoms with van der Waals surface area (Å²) in [6.45, 7) is 1.36. The molecular weight excluding hydrogens is 424 g/mol. The van der Waals surface area contributed by atoms with Gasteiger partial charge in [0.2, 0.25) is 0 Å². The lowest BCUT2D eigenvalue weighted by Crippen LogP contribution is -2.39. The normalized spacial score (nSPS) is 11.4. The quantitative estimate of drug-likeness (QED) is 0.448. The number of carbonyl (C=O) groups excluding carboxylic acids is 1. The molecule has 1 amide bonds. The molecule has 0 aliphatic rings. The number of hydrogen-bond donors (Lipinski definition) is 1. The average Bonchev–Trinajstić information content (AvgIpc) is 2.74. The third-order valence-corrected chi connectivity index (χ3v) is 6.20. The van der Waals surface area contributed by atoms with Crippen LogP contribution in [0.15, 0.2) is 83.1 Å². The van der Waals surface area contributed by atoms with E-state index in [0.717, 1.165) is 9.87 Å². The van der Waals surface area contributed by atoms with Crippen LogP contribution in [0.2, 0.25) is 5.02 Å². The van der Waals surface area contributed by atoms with Gasteiger partial charge in [0, 0.05) is 18.0 Å². The maximum atomic E-state index is 13.3. The largest absolute Gasteiger partial charge is 0.271 e. The lowest BCUT2D eigenvalue weighted by atomic mass is 10.2. The molecule has 7 nitrogen and oxygen atoms in total. The van der Waals surface area contributed by atoms with Crippen LogP contribution < -0.4 is 9.73 Å². The van der Waals surface area contributed by atoms with Gasteiger partial charge in [-0.2, -0.15) is 5.10 Å². The Balaban J connectivity index is 1.87. The molecule has 0 radical (unpaired) electrons. The minimum atomic E-state index is -4.04. The number of halogens is 1. The molecule has 0 spiro atoms. The van der Waals surface area contributed by atoms with Crippen molar-refractivity contribution in [2.45, 2.75) is 11.8 Å². The highest BCUT2D eigenvalue weighted by Gasteiger charge is 2.28. The van der Waals surface area contributed by atoms with Crippen LogP contribution in [0, 0.1) is 6.92 Å². The summed E-state index contributed by atoms with van der Waals surface area (Å²) in [7, 11) is -4.04. The summed E-state index contributed by atoms with van der Waals surface area (Å²) in [5, 5.41) is 4.07. The van der Waals surface area contributed by atoms with Gasteiger partial charge in [0.05, 0.1) is 21.8 Å². The number of amides is 1. The number of nitrogens with zero attached hydrogens (tertiary/aromatic N) is 3. The standard InChI is InChI=1S/C21H19ClN4O3S/c1-16-8-10-18(11-9-16)30(28,29)26(20-7-3-2-6-19(20)22)15-21(27)25-24-14-17-5-4-12-23-13-17/h2-14H,15H2,1H3,(H,25,27)/b24-14-. The number of hydrogen-bond acceptors (Lipinski definition) is 5. The number of anilines is 1. The number of rotatable bonds is 7. The monoisotopic (exact) mass is 442 g/mol. The van der Waals surface area contributed by atoms with E-state index in [1.807, 2.05) is 6.92 Å². The zero-order chi connectivity index (χ0) is 21.6. The van der Waals surface area contributed by atoms with Crippen molar-refractivity contribution in [3.63, 3.8) is 0 Å². The number of pyridine rings is 1. The molecule has 0 unspecified atom stereocenters. The Morgan fingerprint density at radius 1 is 1.13 bits per heavy atom. The van der Waals surface area contributed by atoms with Crippen LogP contribution in [0.5, 0.6) is 0 Å². The Bertz CT molecular complexity index is 1150. The summed E-state index contributed by atoms with van der Waals surface area (Å²) in [6.07, 6.45) is 4.61. The SMILES string of the molecule is Cc1ccc(S(=O)(=O)N(CC(=O)N/N=C\c2cccnc2)c2ccccc2Cl)cc1. The fourth-order valence-corrected chi connectivity index (χ4v) is 4.32. The second kappa shape index (κ2) is 9.51. The zero-order valence-electron chi connectivity index (χ0n) is 16.1. The second-order valence-electron chi connectivity index (χ2n) is 6.36. The molecular formula is C21H19ClN4O3S. The number of aryl methyl sites for hydroxylation is 1. The van der Waals surface area contributed by atoms with Gasteiger partial charge in [-0.15, -0.1) is 0 Å². The van der Waals surface area contributed by atoms with E-state index in [1.165, 1.54) is 18.3 Å². The van der Waals surface area contributed by atoms with Crippen LogP contribution >= 0.6 is 11.6 Å². The molecule has 30 heavy (non-hydrogen) atoms. The first-order chi connectivity index (χ1) is 14.4. The topological polar surface area (TPSA) is 91.7 Å². The van der Waals surface area contributed by atoms with Gasteiger partial charge in [-0.05, 0) is 37.3 Å². The Morgan fingerprint density at radius 3 is 2.53 bits per heavy atom. The summed E-state index contributed by atoms with van der Waals surface area (Å²) >= 11 is 6.23. The van der Waals surface area contributed by atoms with Gasteiger partial charge >= 0.3 is 0 Å². The van der Waals surface area contributed by atoms with Gasteiger partial charge in [-0.25, -0.2) is 13.8 Å². The molecule has 0 aliphatic carbocycles. The van der Waals surface area contributed by atoms with Gasteiger partial charge < -0.3 is 0 Å². The van der Waals surface area contributed by atoms with Crippen LogP contribution in [0.25, 0.3) is 0 Å². The molecule has 0 fully saturated rings. The molecule has 0 atom stereocenters. The van der Waals surface area contributed by atoms with Crippen molar-refractivity contribution in [1.82, 2.24) is 10.4 Å². The highest BCUT2D eigenvalue weighted by Crippen LogP contribution is 2.30. The number of aromatic nitrogens is 1. The molecule has 1 aromatic heterocycles. The molecule has 2 aromatic carbocycles. The molecule has 0 saturated carbocycles. The molecule has 3 rings (SSSR count). The molecule has 0 bridgehead atoms. The second-order valence-corrected chi connectivity index (χ2v) is 8.63. The predicted octanol–water partition coefficient (Wildman–Crippen LogP) is 3.39. The Hall–Kier alpha value is -3.23. The van der Waals surface area contributed by atoms with Crippen molar-refractivity contribution in [3.8, 4) is 0 Å². The van der Waals surface area contributed by atoms with Gasteiger partial charge in [0.15, 0.2) is 0 Å². The smallest absolute Gasteiger partial charge is 0.264 e. The molecule has 3 aromatic rings. The van der Waals surface area contributed by atoms with Gasteiger partial charge in [0.1, 0.15) is 6.54 Å². The predicted molar refractivity (Wildman–Crippen MR) is 117 cm³/mol. The average molecular weight is 443 g/mol. The van der Waals surface area contributed by atoms with E-state index in [9.17, 15) is 13.2 Å². The van der Waals surface area contributed by atoms with E-state index >= 15 is 0 Å². The van der Waals surface area contributed by atoms with E-state index in [4.69, 9.17) is 11.6 Å². The van der Waals surface area contributed by atoms with Crippen molar-refractivity contribution < 1.29 is 13.2 Å². The maximum absolute atomic E-state index is 13.3. The summed E-state index contributed by atoms with van der Waals surface area (Å²) in [5.41, 5.74) is 4.14. The summed E-state index contributed by atoms with van der Waals surface area (Å²) in [5.74, 6) is -0.620. The van der Waals surface area contributed by atoms with E-state index in [-0.39, 0.29) is 15.6 Å². The third-order valence-electron chi connectivity index (χ3n) is 4.10. The minimum Gasteiger partial charge on any atom is -0.271 e. The number of hydrazone groups is 1. The van der Waals surface area contributed by atoms with Crippen LogP contribution in [-0.4, -0.2) is 32.1 Å². The van der Waals surface area contributed by atoms with Gasteiger partial charge in [-0.1, -0.05) is 47.5 Å². The molecule has 1 heterocycles. The van der Waals surface area contributed by atoms with Gasteiger partial charge in [0.25, 0.3) is 15.9 Å². The Labute approximate surface area is 180 Å². The fraction of sp³-hybridized carbons (Fsp3) is 0.0952. The number of para-hydroxylation sites is 1. The number of carbonyl (C=O) groups is 1. The van der Waals surface area contributed by atoms with Gasteiger partial charge in [-0.3, -0.25) is 14.1 Å². The summed E-state index contributed by atoms with van der Waals surface area (Å²) < 4.78 is 27.5. The van der Waals surface area contributed by atoms with Crippen LogP contribution in [0.3, 0.4) is 0 Å². The van der Waals surface area contributed by atoms with E-state index in [0.29, 0.717) is 5.56 Å². The highest BCUT2D eigenvalue weighted by molar-refractivity contribution is 7.92. The zero-order valence-corrected chi connectivity index (χ0v) is 17.6.